The smallest absolute Gasteiger partial charge is 0.311 e. The maximum Gasteiger partial charge on any atom is 0.311 e. The van der Waals surface area contributed by atoms with Gasteiger partial charge < -0.3 is 14.0 Å². The standard InChI is InChI=1S/C13H35NO2Si3/c1-8-9-12-17(2,3)15-19(6,7)16-18(4,5)13-10-11-14/h8-14H2,1-7H3. The van der Waals surface area contributed by atoms with Crippen molar-refractivity contribution in [2.24, 2.45) is 5.73 Å². The number of nitrogens with two attached hydrogens (primary N) is 1. The molecule has 0 aromatic heterocycles. The van der Waals surface area contributed by atoms with E-state index in [0.717, 1.165) is 19.0 Å². The molecule has 0 aliphatic rings. The van der Waals surface area contributed by atoms with E-state index in [4.69, 9.17) is 14.0 Å². The van der Waals surface area contributed by atoms with Gasteiger partial charge in [0.15, 0.2) is 16.6 Å². The van der Waals surface area contributed by atoms with Gasteiger partial charge in [0, 0.05) is 0 Å². The quantitative estimate of drug-likeness (QED) is 0.611. The van der Waals surface area contributed by atoms with Crippen molar-refractivity contribution in [2.75, 3.05) is 6.54 Å². The Balaban J connectivity index is 4.44. The van der Waals surface area contributed by atoms with Gasteiger partial charge in [-0.15, -0.1) is 0 Å². The first-order valence-electron chi connectivity index (χ1n) is 7.64. The molecule has 0 spiro atoms. The predicted molar refractivity (Wildman–Crippen MR) is 92.8 cm³/mol. The predicted octanol–water partition coefficient (Wildman–Crippen LogP) is 4.28. The van der Waals surface area contributed by atoms with Crippen LogP contribution in [0.3, 0.4) is 0 Å². The van der Waals surface area contributed by atoms with Crippen molar-refractivity contribution in [1.82, 2.24) is 0 Å². The minimum atomic E-state index is -1.99. The lowest BCUT2D eigenvalue weighted by Crippen LogP contribution is -2.52. The van der Waals surface area contributed by atoms with Gasteiger partial charge in [0.1, 0.15) is 0 Å². The summed E-state index contributed by atoms with van der Waals surface area (Å²) >= 11 is 0. The third kappa shape index (κ3) is 9.98. The van der Waals surface area contributed by atoms with Crippen LogP contribution in [-0.4, -0.2) is 31.7 Å². The van der Waals surface area contributed by atoms with Crippen molar-refractivity contribution < 1.29 is 8.23 Å². The van der Waals surface area contributed by atoms with Crippen molar-refractivity contribution >= 4 is 25.2 Å². The van der Waals surface area contributed by atoms with E-state index in [1.807, 2.05) is 0 Å². The maximum atomic E-state index is 6.50. The molecule has 0 amide bonds. The summed E-state index contributed by atoms with van der Waals surface area (Å²) in [5.41, 5.74) is 5.61. The number of rotatable bonds is 10. The molecular formula is C13H35NO2Si3. The molecule has 0 atom stereocenters. The van der Waals surface area contributed by atoms with Crippen LogP contribution in [0.4, 0.5) is 0 Å². The third-order valence-electron chi connectivity index (χ3n) is 3.16. The fraction of sp³-hybridized carbons (Fsp3) is 1.00. The zero-order chi connectivity index (χ0) is 15.2. The molecule has 0 aliphatic carbocycles. The van der Waals surface area contributed by atoms with Crippen LogP contribution in [0, 0.1) is 0 Å². The molecule has 116 valence electrons. The van der Waals surface area contributed by atoms with Gasteiger partial charge in [0.25, 0.3) is 0 Å². The summed E-state index contributed by atoms with van der Waals surface area (Å²) in [6.45, 7) is 16.7. The van der Waals surface area contributed by atoms with Gasteiger partial charge >= 0.3 is 8.56 Å². The average molecular weight is 322 g/mol. The Kier molecular flexibility index (Phi) is 8.32. The second-order valence-electron chi connectivity index (χ2n) is 7.12. The zero-order valence-corrected chi connectivity index (χ0v) is 17.1. The minimum absolute atomic E-state index is 0.763. The summed E-state index contributed by atoms with van der Waals surface area (Å²) in [4.78, 5) is 0. The normalized spacial score (nSPS) is 13.9. The third-order valence-corrected chi connectivity index (χ3v) is 14.6. The highest BCUT2D eigenvalue weighted by atomic mass is 28.5. The van der Waals surface area contributed by atoms with Gasteiger partial charge in [-0.05, 0) is 64.3 Å². The van der Waals surface area contributed by atoms with Crippen molar-refractivity contribution in [3.05, 3.63) is 0 Å². The summed E-state index contributed by atoms with van der Waals surface area (Å²) in [6.07, 6.45) is 3.59. The van der Waals surface area contributed by atoms with E-state index in [1.165, 1.54) is 18.9 Å². The van der Waals surface area contributed by atoms with Gasteiger partial charge in [-0.25, -0.2) is 0 Å². The Morgan fingerprint density at radius 1 is 0.789 bits per heavy atom. The molecule has 0 unspecified atom stereocenters. The number of unbranched alkanes of at least 4 members (excludes halogenated alkanes) is 1. The highest BCUT2D eigenvalue weighted by Gasteiger charge is 2.38. The Labute approximate surface area is 123 Å². The highest BCUT2D eigenvalue weighted by molar-refractivity contribution is 6.87. The fourth-order valence-electron chi connectivity index (χ4n) is 2.58. The number of hydrogen-bond donors (Lipinski definition) is 1. The van der Waals surface area contributed by atoms with Crippen LogP contribution in [0.5, 0.6) is 0 Å². The van der Waals surface area contributed by atoms with Crippen molar-refractivity contribution in [1.29, 1.82) is 0 Å². The molecule has 6 heteroatoms. The number of hydrogen-bond acceptors (Lipinski definition) is 3. The Hall–Kier alpha value is 0.531. The molecule has 0 aromatic carbocycles. The lowest BCUT2D eigenvalue weighted by atomic mass is 10.4. The minimum Gasteiger partial charge on any atom is -0.437 e. The van der Waals surface area contributed by atoms with E-state index in [-0.39, 0.29) is 0 Å². The van der Waals surface area contributed by atoms with Crippen LogP contribution in [0.25, 0.3) is 0 Å². The van der Waals surface area contributed by atoms with Crippen LogP contribution in [0.1, 0.15) is 26.2 Å². The lowest BCUT2D eigenvalue weighted by Gasteiger charge is -2.38. The first-order chi connectivity index (χ1) is 8.54. The van der Waals surface area contributed by atoms with E-state index >= 15 is 0 Å². The molecule has 0 saturated heterocycles. The second-order valence-corrected chi connectivity index (χ2v) is 19.6. The maximum absolute atomic E-state index is 6.50. The molecule has 0 saturated carbocycles. The Bertz CT molecular complexity index is 234. The van der Waals surface area contributed by atoms with E-state index < -0.39 is 25.2 Å². The highest BCUT2D eigenvalue weighted by Crippen LogP contribution is 2.26. The molecule has 0 bridgehead atoms. The van der Waals surface area contributed by atoms with Gasteiger partial charge in [0.2, 0.25) is 0 Å². The molecule has 19 heavy (non-hydrogen) atoms. The van der Waals surface area contributed by atoms with Gasteiger partial charge in [0.05, 0.1) is 0 Å². The van der Waals surface area contributed by atoms with Gasteiger partial charge in [-0.1, -0.05) is 19.8 Å². The molecule has 2 N–H and O–H groups in total. The summed E-state index contributed by atoms with van der Waals surface area (Å²) in [5, 5.41) is 0. The zero-order valence-electron chi connectivity index (χ0n) is 14.1. The molecule has 0 aromatic rings. The summed E-state index contributed by atoms with van der Waals surface area (Å²) in [6, 6.07) is 2.38. The van der Waals surface area contributed by atoms with Crippen LogP contribution >= 0.6 is 0 Å². The van der Waals surface area contributed by atoms with E-state index in [9.17, 15) is 0 Å². The van der Waals surface area contributed by atoms with E-state index in [0.29, 0.717) is 0 Å². The largest absolute Gasteiger partial charge is 0.437 e. The lowest BCUT2D eigenvalue weighted by molar-refractivity contribution is 0.387. The summed E-state index contributed by atoms with van der Waals surface area (Å²) in [7, 11) is -5.16. The molecule has 0 radical (unpaired) electrons. The summed E-state index contributed by atoms with van der Waals surface area (Å²) in [5.74, 6) is 0. The first-order valence-corrected chi connectivity index (χ1v) is 16.7. The summed E-state index contributed by atoms with van der Waals surface area (Å²) < 4.78 is 13.0. The van der Waals surface area contributed by atoms with Crippen molar-refractivity contribution in [3.63, 3.8) is 0 Å². The van der Waals surface area contributed by atoms with Crippen LogP contribution in [-0.2, 0) is 8.23 Å². The molecule has 0 heterocycles. The van der Waals surface area contributed by atoms with Crippen LogP contribution < -0.4 is 5.73 Å². The topological polar surface area (TPSA) is 44.5 Å². The molecule has 3 nitrogen and oxygen atoms in total. The van der Waals surface area contributed by atoms with E-state index in [2.05, 4.69) is 46.2 Å². The van der Waals surface area contributed by atoms with Crippen LogP contribution in [0.15, 0.2) is 0 Å². The van der Waals surface area contributed by atoms with Gasteiger partial charge in [-0.2, -0.15) is 0 Å². The fourth-order valence-corrected chi connectivity index (χ4v) is 16.8. The molecule has 0 aliphatic heterocycles. The van der Waals surface area contributed by atoms with Crippen molar-refractivity contribution in [3.8, 4) is 0 Å². The second kappa shape index (κ2) is 8.09. The first kappa shape index (κ1) is 19.5. The monoisotopic (exact) mass is 321 g/mol. The molecular weight excluding hydrogens is 286 g/mol. The SMILES string of the molecule is CCCC[Si](C)(C)O[Si](C)(C)O[Si](C)(C)CCCN. The van der Waals surface area contributed by atoms with Gasteiger partial charge in [-0.3, -0.25) is 0 Å². The van der Waals surface area contributed by atoms with E-state index in [1.54, 1.807) is 0 Å². The Morgan fingerprint density at radius 3 is 1.58 bits per heavy atom. The molecule has 0 rings (SSSR count). The van der Waals surface area contributed by atoms with Crippen molar-refractivity contribution in [2.45, 2.75) is 77.6 Å². The Morgan fingerprint density at radius 2 is 1.21 bits per heavy atom. The molecule has 0 fully saturated rings. The van der Waals surface area contributed by atoms with Crippen LogP contribution in [0.2, 0.25) is 51.4 Å². The average Bonchev–Trinajstić information content (AvgIpc) is 2.20.